The molecule has 1 aromatic carbocycles. The van der Waals surface area contributed by atoms with Crippen LogP contribution in [0.1, 0.15) is 76.3 Å². The number of allylic oxidation sites excluding steroid dienone is 1. The van der Waals surface area contributed by atoms with Gasteiger partial charge in [-0.3, -0.25) is 9.59 Å². The summed E-state index contributed by atoms with van der Waals surface area (Å²) in [6.07, 6.45) is 12.0. The Hall–Kier alpha value is -2.50. The van der Waals surface area contributed by atoms with Gasteiger partial charge in [0.2, 0.25) is 5.91 Å². The zero-order valence-electron chi connectivity index (χ0n) is 20.3. The number of hydrogen-bond acceptors (Lipinski definition) is 4. The highest BCUT2D eigenvalue weighted by Crippen LogP contribution is 2.37. The van der Waals surface area contributed by atoms with Crippen LogP contribution in [-0.4, -0.2) is 55.0 Å². The molecule has 1 atom stereocenters. The summed E-state index contributed by atoms with van der Waals surface area (Å²) in [5.41, 5.74) is 2.20. The molecule has 4 rings (SSSR count). The fourth-order valence-electron chi connectivity index (χ4n) is 5.61. The van der Waals surface area contributed by atoms with E-state index in [2.05, 4.69) is 13.0 Å². The SMILES string of the molecule is COc1ccc([C@@H]2C(=O)N(C3CCC(C)CC3)CC(=O)N2CCC2=CCCCC2)cc1OC. The van der Waals surface area contributed by atoms with Crippen LogP contribution in [0.15, 0.2) is 29.8 Å². The molecule has 2 aliphatic carbocycles. The number of amides is 2. The fraction of sp³-hybridized carbons (Fsp3) is 0.630. The van der Waals surface area contributed by atoms with Crippen molar-refractivity contribution in [1.29, 1.82) is 0 Å². The summed E-state index contributed by atoms with van der Waals surface area (Å²) in [5.74, 6) is 1.98. The minimum Gasteiger partial charge on any atom is -0.493 e. The van der Waals surface area contributed by atoms with E-state index in [1.807, 2.05) is 23.1 Å². The van der Waals surface area contributed by atoms with Crippen molar-refractivity contribution in [3.05, 3.63) is 35.4 Å². The summed E-state index contributed by atoms with van der Waals surface area (Å²) in [5, 5.41) is 0. The number of benzene rings is 1. The van der Waals surface area contributed by atoms with E-state index in [1.54, 1.807) is 19.1 Å². The van der Waals surface area contributed by atoms with Gasteiger partial charge in [0.1, 0.15) is 12.6 Å². The molecule has 6 nitrogen and oxygen atoms in total. The van der Waals surface area contributed by atoms with Crippen LogP contribution in [0.3, 0.4) is 0 Å². The predicted molar refractivity (Wildman–Crippen MR) is 128 cm³/mol. The molecular weight excluding hydrogens is 416 g/mol. The third kappa shape index (κ3) is 5.20. The number of ether oxygens (including phenoxy) is 2. The molecular formula is C27H38N2O4. The molecule has 0 radical (unpaired) electrons. The number of carbonyl (C=O) groups excluding carboxylic acids is 2. The van der Waals surface area contributed by atoms with Gasteiger partial charge in [-0.1, -0.05) is 24.6 Å². The molecule has 0 bridgehead atoms. The van der Waals surface area contributed by atoms with Gasteiger partial charge in [0.05, 0.1) is 14.2 Å². The third-order valence-corrected chi connectivity index (χ3v) is 7.66. The lowest BCUT2D eigenvalue weighted by Crippen LogP contribution is -2.58. The Balaban J connectivity index is 1.62. The van der Waals surface area contributed by atoms with Crippen molar-refractivity contribution < 1.29 is 19.1 Å². The average Bonchev–Trinajstić information content (AvgIpc) is 2.85. The first-order valence-electron chi connectivity index (χ1n) is 12.5. The van der Waals surface area contributed by atoms with Gasteiger partial charge in [0.15, 0.2) is 11.5 Å². The van der Waals surface area contributed by atoms with Crippen LogP contribution >= 0.6 is 0 Å². The zero-order chi connectivity index (χ0) is 23.4. The molecule has 2 amide bonds. The molecule has 0 aromatic heterocycles. The second kappa shape index (κ2) is 10.6. The topological polar surface area (TPSA) is 59.1 Å². The van der Waals surface area contributed by atoms with Crippen molar-refractivity contribution in [3.8, 4) is 11.5 Å². The summed E-state index contributed by atoms with van der Waals surface area (Å²) in [6.45, 7) is 3.04. The molecule has 180 valence electrons. The van der Waals surface area contributed by atoms with Crippen molar-refractivity contribution in [2.75, 3.05) is 27.3 Å². The molecule has 0 unspecified atom stereocenters. The Bertz CT molecular complexity index is 888. The minimum absolute atomic E-state index is 0.0407. The van der Waals surface area contributed by atoms with E-state index >= 15 is 0 Å². The molecule has 1 saturated heterocycles. The minimum atomic E-state index is -0.616. The molecule has 0 N–H and O–H groups in total. The molecule has 33 heavy (non-hydrogen) atoms. The van der Waals surface area contributed by atoms with E-state index in [0.717, 1.165) is 50.5 Å². The quantitative estimate of drug-likeness (QED) is 0.551. The highest BCUT2D eigenvalue weighted by atomic mass is 16.5. The highest BCUT2D eigenvalue weighted by molar-refractivity contribution is 5.96. The first-order chi connectivity index (χ1) is 16.0. The van der Waals surface area contributed by atoms with Gasteiger partial charge in [-0.25, -0.2) is 0 Å². The van der Waals surface area contributed by atoms with Crippen molar-refractivity contribution in [2.24, 2.45) is 5.92 Å². The Labute approximate surface area is 197 Å². The molecule has 2 fully saturated rings. The van der Waals surface area contributed by atoms with Gasteiger partial charge in [0, 0.05) is 12.6 Å². The summed E-state index contributed by atoms with van der Waals surface area (Å²) in [4.78, 5) is 31.0. The molecule has 0 spiro atoms. The smallest absolute Gasteiger partial charge is 0.250 e. The van der Waals surface area contributed by atoms with E-state index in [-0.39, 0.29) is 24.4 Å². The maximum absolute atomic E-state index is 13.9. The van der Waals surface area contributed by atoms with Gasteiger partial charge in [0.25, 0.3) is 5.91 Å². The van der Waals surface area contributed by atoms with Crippen LogP contribution in [0.25, 0.3) is 0 Å². The number of carbonyl (C=O) groups is 2. The predicted octanol–water partition coefficient (Wildman–Crippen LogP) is 4.88. The first-order valence-corrected chi connectivity index (χ1v) is 12.5. The molecule has 1 aromatic rings. The van der Waals surface area contributed by atoms with Crippen molar-refractivity contribution in [2.45, 2.75) is 76.8 Å². The van der Waals surface area contributed by atoms with E-state index in [9.17, 15) is 9.59 Å². The van der Waals surface area contributed by atoms with Crippen LogP contribution in [0.4, 0.5) is 0 Å². The lowest BCUT2D eigenvalue weighted by molar-refractivity contribution is -0.159. The highest BCUT2D eigenvalue weighted by Gasteiger charge is 2.43. The van der Waals surface area contributed by atoms with Crippen LogP contribution in [-0.2, 0) is 9.59 Å². The maximum atomic E-state index is 13.9. The Morgan fingerprint density at radius 3 is 2.42 bits per heavy atom. The number of piperazine rings is 1. The van der Waals surface area contributed by atoms with Crippen LogP contribution in [0, 0.1) is 5.92 Å². The zero-order valence-corrected chi connectivity index (χ0v) is 20.3. The largest absolute Gasteiger partial charge is 0.493 e. The first kappa shape index (κ1) is 23.7. The molecule has 3 aliphatic rings. The van der Waals surface area contributed by atoms with Crippen LogP contribution < -0.4 is 9.47 Å². The standard InChI is InChI=1S/C27H38N2O4/c1-19-9-12-22(13-10-19)29-18-25(30)28(16-15-20-7-5-4-6-8-20)26(27(29)31)21-11-14-23(32-2)24(17-21)33-3/h7,11,14,17,19,22,26H,4-6,8-10,12-13,15-16,18H2,1-3H3/t19?,22?,26-/m1/s1. The summed E-state index contributed by atoms with van der Waals surface area (Å²) in [6, 6.07) is 5.12. The second-order valence-electron chi connectivity index (χ2n) is 9.84. The van der Waals surface area contributed by atoms with Gasteiger partial charge >= 0.3 is 0 Å². The number of methoxy groups -OCH3 is 2. The fourth-order valence-corrected chi connectivity index (χ4v) is 5.61. The van der Waals surface area contributed by atoms with Gasteiger partial charge in [-0.05, 0) is 81.4 Å². The van der Waals surface area contributed by atoms with Crippen molar-refractivity contribution in [3.63, 3.8) is 0 Å². The van der Waals surface area contributed by atoms with E-state index in [1.165, 1.54) is 18.4 Å². The summed E-state index contributed by atoms with van der Waals surface area (Å²) < 4.78 is 10.9. The van der Waals surface area contributed by atoms with Gasteiger partial charge in [-0.2, -0.15) is 0 Å². The van der Waals surface area contributed by atoms with Crippen LogP contribution in [0.2, 0.25) is 0 Å². The second-order valence-corrected chi connectivity index (χ2v) is 9.84. The van der Waals surface area contributed by atoms with Crippen LogP contribution in [0.5, 0.6) is 11.5 Å². The van der Waals surface area contributed by atoms with E-state index in [0.29, 0.717) is 24.0 Å². The Morgan fingerprint density at radius 1 is 1.00 bits per heavy atom. The van der Waals surface area contributed by atoms with E-state index in [4.69, 9.17) is 9.47 Å². The summed E-state index contributed by atoms with van der Waals surface area (Å²) >= 11 is 0. The summed E-state index contributed by atoms with van der Waals surface area (Å²) in [7, 11) is 3.20. The van der Waals surface area contributed by atoms with Crippen molar-refractivity contribution in [1.82, 2.24) is 9.80 Å². The lowest BCUT2D eigenvalue weighted by Gasteiger charge is -2.45. The maximum Gasteiger partial charge on any atom is 0.250 e. The van der Waals surface area contributed by atoms with Gasteiger partial charge < -0.3 is 19.3 Å². The van der Waals surface area contributed by atoms with E-state index < -0.39 is 6.04 Å². The molecule has 1 aliphatic heterocycles. The monoisotopic (exact) mass is 454 g/mol. The molecule has 1 saturated carbocycles. The average molecular weight is 455 g/mol. The Kier molecular flexibility index (Phi) is 7.61. The number of hydrogen-bond donors (Lipinski definition) is 0. The number of nitrogens with zero attached hydrogens (tertiary/aromatic N) is 2. The Morgan fingerprint density at radius 2 is 1.76 bits per heavy atom. The molecule has 1 heterocycles. The van der Waals surface area contributed by atoms with Gasteiger partial charge in [-0.15, -0.1) is 0 Å². The third-order valence-electron chi connectivity index (χ3n) is 7.66. The lowest BCUT2D eigenvalue weighted by atomic mass is 9.85. The molecule has 6 heteroatoms. The number of rotatable bonds is 7. The van der Waals surface area contributed by atoms with Crippen molar-refractivity contribution >= 4 is 11.8 Å². The normalized spacial score (nSPS) is 26.3.